The number of thiophene rings is 1. The standard InChI is InChI=1S/C23H18ClN3O4S/c1-31-18-4-2-3-14(9-18)15-10-19(32-13-15)11-20-22(29)27(23(30)26-20)12-21(28)25-17-7-5-16(24)6-8-17/h2-11,13H,12H2,1H3,(H,25,28)(H,26,30). The molecule has 0 unspecified atom stereocenters. The van der Waals surface area contributed by atoms with Gasteiger partial charge in [0.25, 0.3) is 5.91 Å². The number of amides is 4. The summed E-state index contributed by atoms with van der Waals surface area (Å²) in [7, 11) is 1.61. The molecule has 0 aliphatic carbocycles. The van der Waals surface area contributed by atoms with Crippen molar-refractivity contribution in [1.29, 1.82) is 0 Å². The van der Waals surface area contributed by atoms with Crippen LogP contribution in [-0.2, 0) is 9.59 Å². The van der Waals surface area contributed by atoms with E-state index in [1.807, 2.05) is 35.7 Å². The molecule has 1 aliphatic heterocycles. The number of halogens is 1. The topological polar surface area (TPSA) is 87.7 Å². The lowest BCUT2D eigenvalue weighted by molar-refractivity contribution is -0.127. The van der Waals surface area contributed by atoms with Gasteiger partial charge in [0, 0.05) is 15.6 Å². The number of anilines is 1. The Hall–Kier alpha value is -3.62. The van der Waals surface area contributed by atoms with Crippen LogP contribution in [0.5, 0.6) is 5.75 Å². The van der Waals surface area contributed by atoms with E-state index in [-0.39, 0.29) is 5.70 Å². The van der Waals surface area contributed by atoms with E-state index in [0.717, 1.165) is 26.7 Å². The van der Waals surface area contributed by atoms with Gasteiger partial charge in [0.05, 0.1) is 7.11 Å². The maximum Gasteiger partial charge on any atom is 0.329 e. The van der Waals surface area contributed by atoms with Crippen molar-refractivity contribution in [3.8, 4) is 16.9 Å². The molecule has 0 saturated carbocycles. The number of benzene rings is 2. The SMILES string of the molecule is COc1cccc(-c2csc(C=C3NC(=O)N(CC(=O)Nc4ccc(Cl)cc4)C3=O)c2)c1. The molecule has 162 valence electrons. The predicted molar refractivity (Wildman–Crippen MR) is 125 cm³/mol. The van der Waals surface area contributed by atoms with Crippen LogP contribution in [0.2, 0.25) is 5.02 Å². The molecule has 0 bridgehead atoms. The third-order valence-corrected chi connectivity index (χ3v) is 5.83. The summed E-state index contributed by atoms with van der Waals surface area (Å²) in [4.78, 5) is 38.9. The van der Waals surface area contributed by atoms with Crippen LogP contribution in [0.15, 0.2) is 65.7 Å². The van der Waals surface area contributed by atoms with Gasteiger partial charge in [-0.1, -0.05) is 23.7 Å². The average molecular weight is 468 g/mol. The van der Waals surface area contributed by atoms with Crippen molar-refractivity contribution in [2.75, 3.05) is 19.0 Å². The van der Waals surface area contributed by atoms with E-state index in [9.17, 15) is 14.4 Å². The fourth-order valence-corrected chi connectivity index (χ4v) is 4.09. The molecule has 7 nitrogen and oxygen atoms in total. The van der Waals surface area contributed by atoms with E-state index in [0.29, 0.717) is 10.7 Å². The Labute approximate surface area is 193 Å². The van der Waals surface area contributed by atoms with Gasteiger partial charge < -0.3 is 15.4 Å². The number of nitrogens with zero attached hydrogens (tertiary/aromatic N) is 1. The Morgan fingerprint density at radius 3 is 2.69 bits per heavy atom. The first kappa shape index (κ1) is 21.6. The lowest BCUT2D eigenvalue weighted by Gasteiger charge is -2.11. The lowest BCUT2D eigenvalue weighted by atomic mass is 10.1. The zero-order chi connectivity index (χ0) is 22.7. The van der Waals surface area contributed by atoms with E-state index in [2.05, 4.69) is 10.6 Å². The van der Waals surface area contributed by atoms with Crippen molar-refractivity contribution in [2.45, 2.75) is 0 Å². The zero-order valence-electron chi connectivity index (χ0n) is 16.9. The highest BCUT2D eigenvalue weighted by atomic mass is 35.5. The number of carbonyl (C=O) groups excluding carboxylic acids is 3. The molecule has 1 aliphatic rings. The highest BCUT2D eigenvalue weighted by Gasteiger charge is 2.35. The first-order valence-electron chi connectivity index (χ1n) is 9.56. The number of methoxy groups -OCH3 is 1. The van der Waals surface area contributed by atoms with Crippen molar-refractivity contribution in [3.63, 3.8) is 0 Å². The Balaban J connectivity index is 1.44. The van der Waals surface area contributed by atoms with Crippen LogP contribution in [-0.4, -0.2) is 36.4 Å². The highest BCUT2D eigenvalue weighted by Crippen LogP contribution is 2.29. The summed E-state index contributed by atoms with van der Waals surface area (Å²) >= 11 is 7.26. The number of rotatable bonds is 6. The van der Waals surface area contributed by atoms with Gasteiger partial charge in [-0.05, 0) is 65.0 Å². The van der Waals surface area contributed by atoms with Crippen LogP contribution in [0.25, 0.3) is 17.2 Å². The normalized spacial score (nSPS) is 14.6. The summed E-state index contributed by atoms with van der Waals surface area (Å²) in [5.74, 6) is -0.301. The van der Waals surface area contributed by atoms with Crippen molar-refractivity contribution in [1.82, 2.24) is 10.2 Å². The molecule has 0 spiro atoms. The van der Waals surface area contributed by atoms with E-state index >= 15 is 0 Å². The number of imide groups is 1. The molecular weight excluding hydrogens is 450 g/mol. The smallest absolute Gasteiger partial charge is 0.329 e. The number of hydrogen-bond acceptors (Lipinski definition) is 5. The molecule has 1 aromatic heterocycles. The number of hydrogen-bond donors (Lipinski definition) is 2. The fourth-order valence-electron chi connectivity index (χ4n) is 3.12. The molecule has 3 aromatic rings. The predicted octanol–water partition coefficient (Wildman–Crippen LogP) is 4.61. The van der Waals surface area contributed by atoms with Gasteiger partial charge in [-0.3, -0.25) is 9.59 Å². The van der Waals surface area contributed by atoms with Gasteiger partial charge in [0.1, 0.15) is 18.0 Å². The Morgan fingerprint density at radius 2 is 1.94 bits per heavy atom. The molecule has 2 aromatic carbocycles. The fraction of sp³-hybridized carbons (Fsp3) is 0.0870. The van der Waals surface area contributed by atoms with Gasteiger partial charge in [-0.15, -0.1) is 11.3 Å². The second-order valence-electron chi connectivity index (χ2n) is 6.90. The summed E-state index contributed by atoms with van der Waals surface area (Å²) in [5, 5.41) is 7.66. The number of carbonyl (C=O) groups is 3. The van der Waals surface area contributed by atoms with E-state index in [1.54, 1.807) is 37.5 Å². The average Bonchev–Trinajstić information content (AvgIpc) is 3.36. The van der Waals surface area contributed by atoms with Crippen LogP contribution in [0.3, 0.4) is 0 Å². The van der Waals surface area contributed by atoms with Crippen molar-refractivity contribution in [3.05, 3.63) is 75.6 Å². The van der Waals surface area contributed by atoms with Gasteiger partial charge in [0.2, 0.25) is 5.91 Å². The molecular formula is C23H18ClN3O4S. The maximum atomic E-state index is 12.7. The third kappa shape index (κ3) is 4.82. The molecule has 4 rings (SSSR count). The van der Waals surface area contributed by atoms with E-state index in [1.165, 1.54) is 11.3 Å². The van der Waals surface area contributed by atoms with Gasteiger partial charge in [-0.2, -0.15) is 0 Å². The Morgan fingerprint density at radius 1 is 1.16 bits per heavy atom. The monoisotopic (exact) mass is 467 g/mol. The van der Waals surface area contributed by atoms with Crippen LogP contribution in [0.1, 0.15) is 4.88 Å². The number of nitrogens with one attached hydrogen (secondary N) is 2. The largest absolute Gasteiger partial charge is 0.497 e. The summed E-state index contributed by atoms with van der Waals surface area (Å²) in [6.07, 6.45) is 1.60. The summed E-state index contributed by atoms with van der Waals surface area (Å²) in [6, 6.07) is 15.5. The zero-order valence-corrected chi connectivity index (χ0v) is 18.5. The van der Waals surface area contributed by atoms with Crippen LogP contribution >= 0.6 is 22.9 Å². The first-order valence-corrected chi connectivity index (χ1v) is 10.8. The minimum atomic E-state index is -0.642. The van der Waals surface area contributed by atoms with E-state index in [4.69, 9.17) is 16.3 Å². The lowest BCUT2D eigenvalue weighted by Crippen LogP contribution is -2.38. The van der Waals surface area contributed by atoms with Gasteiger partial charge in [0.15, 0.2) is 0 Å². The molecule has 32 heavy (non-hydrogen) atoms. The third-order valence-electron chi connectivity index (χ3n) is 4.70. The van der Waals surface area contributed by atoms with Crippen LogP contribution in [0, 0.1) is 0 Å². The first-order chi connectivity index (χ1) is 15.4. The highest BCUT2D eigenvalue weighted by molar-refractivity contribution is 7.11. The van der Waals surface area contributed by atoms with E-state index < -0.39 is 24.4 Å². The molecule has 4 amide bonds. The Kier molecular flexibility index (Phi) is 6.25. The molecule has 9 heteroatoms. The van der Waals surface area contributed by atoms with Crippen molar-refractivity contribution >= 4 is 52.5 Å². The number of ether oxygens (including phenoxy) is 1. The maximum absolute atomic E-state index is 12.7. The molecule has 0 radical (unpaired) electrons. The Bertz CT molecular complexity index is 1220. The molecule has 2 heterocycles. The molecule has 0 atom stereocenters. The minimum Gasteiger partial charge on any atom is -0.497 e. The second kappa shape index (κ2) is 9.25. The quantitative estimate of drug-likeness (QED) is 0.409. The van der Waals surface area contributed by atoms with Crippen molar-refractivity contribution < 1.29 is 19.1 Å². The van der Waals surface area contributed by atoms with Crippen LogP contribution < -0.4 is 15.4 Å². The summed E-state index contributed by atoms with van der Waals surface area (Å²) < 4.78 is 5.26. The summed E-state index contributed by atoms with van der Waals surface area (Å²) in [5.41, 5.74) is 2.59. The molecule has 2 N–H and O–H groups in total. The molecule has 1 saturated heterocycles. The number of urea groups is 1. The molecule has 1 fully saturated rings. The van der Waals surface area contributed by atoms with Gasteiger partial charge in [-0.25, -0.2) is 9.69 Å². The summed E-state index contributed by atoms with van der Waals surface area (Å²) in [6.45, 7) is -0.399. The van der Waals surface area contributed by atoms with Crippen molar-refractivity contribution in [2.24, 2.45) is 0 Å². The second-order valence-corrected chi connectivity index (χ2v) is 8.28. The van der Waals surface area contributed by atoms with Crippen LogP contribution in [0.4, 0.5) is 10.5 Å². The minimum absolute atomic E-state index is 0.119. The van der Waals surface area contributed by atoms with Gasteiger partial charge >= 0.3 is 6.03 Å².